The fourth-order valence-electron chi connectivity index (χ4n) is 2.27. The molecule has 1 aliphatic rings. The largest absolute Gasteiger partial charge is 0.399 e. The highest BCUT2D eigenvalue weighted by molar-refractivity contribution is 6.32. The van der Waals surface area contributed by atoms with Gasteiger partial charge in [-0.1, -0.05) is 29.8 Å². The lowest BCUT2D eigenvalue weighted by molar-refractivity contribution is -0.118. The summed E-state index contributed by atoms with van der Waals surface area (Å²) in [5, 5.41) is 3.09. The molecule has 0 bridgehead atoms. The quantitative estimate of drug-likeness (QED) is 0.661. The molecule has 1 aliphatic heterocycles. The van der Waals surface area contributed by atoms with Crippen LogP contribution < -0.4 is 16.0 Å². The lowest BCUT2D eigenvalue weighted by Gasteiger charge is -2.13. The van der Waals surface area contributed by atoms with Crippen molar-refractivity contribution in [3.05, 3.63) is 59.1 Å². The third-order valence-electron chi connectivity index (χ3n) is 3.31. The van der Waals surface area contributed by atoms with Gasteiger partial charge in [-0.05, 0) is 30.3 Å². The maximum atomic E-state index is 12.5. The average molecular weight is 302 g/mol. The topological polar surface area (TPSA) is 75.4 Å². The minimum absolute atomic E-state index is 0.363. The van der Waals surface area contributed by atoms with E-state index < -0.39 is 12.1 Å². The number of hydrogen-bond acceptors (Lipinski definition) is 3. The van der Waals surface area contributed by atoms with Gasteiger partial charge >= 0.3 is 6.03 Å². The number of halogens is 1. The fourth-order valence-corrected chi connectivity index (χ4v) is 2.51. The van der Waals surface area contributed by atoms with E-state index in [1.807, 2.05) is 0 Å². The van der Waals surface area contributed by atoms with Gasteiger partial charge in [-0.15, -0.1) is 0 Å². The van der Waals surface area contributed by atoms with Crippen LogP contribution in [0, 0.1) is 0 Å². The Bertz CT molecular complexity index is 715. The van der Waals surface area contributed by atoms with Crippen molar-refractivity contribution in [2.75, 3.05) is 10.6 Å². The number of carbonyl (C=O) groups is 2. The van der Waals surface area contributed by atoms with Crippen LogP contribution in [0.25, 0.3) is 0 Å². The molecule has 1 heterocycles. The van der Waals surface area contributed by atoms with Crippen molar-refractivity contribution in [3.63, 3.8) is 0 Å². The number of nitrogens with zero attached hydrogens (tertiary/aromatic N) is 1. The fraction of sp³-hybridized carbons (Fsp3) is 0.0667. The summed E-state index contributed by atoms with van der Waals surface area (Å²) in [7, 11) is 0. The van der Waals surface area contributed by atoms with Gasteiger partial charge in [-0.25, -0.2) is 9.69 Å². The van der Waals surface area contributed by atoms with Crippen molar-refractivity contribution in [2.24, 2.45) is 0 Å². The Kier molecular flexibility index (Phi) is 3.27. The summed E-state index contributed by atoms with van der Waals surface area (Å²) in [5.41, 5.74) is 7.23. The van der Waals surface area contributed by atoms with Crippen molar-refractivity contribution in [3.8, 4) is 0 Å². The molecule has 1 atom stereocenters. The van der Waals surface area contributed by atoms with E-state index in [2.05, 4.69) is 5.32 Å². The Morgan fingerprint density at radius 2 is 1.71 bits per heavy atom. The number of rotatable bonds is 2. The third-order valence-corrected chi connectivity index (χ3v) is 3.65. The van der Waals surface area contributed by atoms with E-state index in [1.165, 1.54) is 0 Å². The second-order valence-corrected chi connectivity index (χ2v) is 5.08. The zero-order valence-corrected chi connectivity index (χ0v) is 11.7. The SMILES string of the molecule is Nc1ccc(N2C(=O)N[C@H](c3ccccc3Cl)C2=O)cc1. The van der Waals surface area contributed by atoms with Crippen LogP contribution in [0.15, 0.2) is 48.5 Å². The molecule has 2 aromatic rings. The highest BCUT2D eigenvalue weighted by Crippen LogP contribution is 2.30. The Balaban J connectivity index is 1.96. The molecule has 21 heavy (non-hydrogen) atoms. The molecular weight excluding hydrogens is 290 g/mol. The second-order valence-electron chi connectivity index (χ2n) is 4.67. The molecule has 0 radical (unpaired) electrons. The van der Waals surface area contributed by atoms with Gasteiger partial charge in [0.1, 0.15) is 6.04 Å². The third kappa shape index (κ3) is 2.32. The van der Waals surface area contributed by atoms with Crippen molar-refractivity contribution in [1.29, 1.82) is 0 Å². The molecule has 3 rings (SSSR count). The van der Waals surface area contributed by atoms with E-state index in [4.69, 9.17) is 17.3 Å². The zero-order chi connectivity index (χ0) is 15.0. The van der Waals surface area contributed by atoms with E-state index in [0.29, 0.717) is 22.0 Å². The Morgan fingerprint density at radius 1 is 1.05 bits per heavy atom. The first-order valence-corrected chi connectivity index (χ1v) is 6.70. The van der Waals surface area contributed by atoms with Crippen LogP contribution in [-0.4, -0.2) is 11.9 Å². The first kappa shape index (κ1) is 13.5. The number of amides is 3. The molecule has 0 unspecified atom stereocenters. The molecule has 0 spiro atoms. The van der Waals surface area contributed by atoms with Gasteiger partial charge in [-0.2, -0.15) is 0 Å². The Labute approximate surface area is 126 Å². The number of nitrogen functional groups attached to an aromatic ring is 1. The lowest BCUT2D eigenvalue weighted by Crippen LogP contribution is -2.30. The monoisotopic (exact) mass is 301 g/mol. The van der Waals surface area contributed by atoms with Gasteiger partial charge in [0.2, 0.25) is 0 Å². The van der Waals surface area contributed by atoms with Crippen LogP contribution in [0.1, 0.15) is 11.6 Å². The van der Waals surface area contributed by atoms with Crippen molar-refractivity contribution in [2.45, 2.75) is 6.04 Å². The van der Waals surface area contributed by atoms with Gasteiger partial charge in [-0.3, -0.25) is 4.79 Å². The number of urea groups is 1. The standard InChI is InChI=1S/C15H12ClN3O2/c16-12-4-2-1-3-11(12)13-14(20)19(15(21)18-13)10-7-5-9(17)6-8-10/h1-8,13H,17H2,(H,18,21)/t13-/m1/s1. The number of nitrogens with two attached hydrogens (primary N) is 1. The summed E-state index contributed by atoms with van der Waals surface area (Å²) in [6.07, 6.45) is 0. The van der Waals surface area contributed by atoms with Gasteiger partial charge in [0.25, 0.3) is 5.91 Å². The number of imide groups is 1. The first-order chi connectivity index (χ1) is 10.1. The van der Waals surface area contributed by atoms with Gasteiger partial charge in [0.15, 0.2) is 0 Å². The molecule has 3 amide bonds. The van der Waals surface area contributed by atoms with Crippen molar-refractivity contribution >= 4 is 34.9 Å². The number of benzene rings is 2. The van der Waals surface area contributed by atoms with E-state index in [-0.39, 0.29) is 5.91 Å². The van der Waals surface area contributed by atoms with Crippen LogP contribution in [0.4, 0.5) is 16.2 Å². The zero-order valence-electron chi connectivity index (χ0n) is 10.9. The second kappa shape index (κ2) is 5.10. The van der Waals surface area contributed by atoms with Crippen LogP contribution in [0.2, 0.25) is 5.02 Å². The lowest BCUT2D eigenvalue weighted by atomic mass is 10.1. The summed E-state index contributed by atoms with van der Waals surface area (Å²) in [4.78, 5) is 25.7. The average Bonchev–Trinajstić information content (AvgIpc) is 2.76. The van der Waals surface area contributed by atoms with Gasteiger partial charge in [0.05, 0.1) is 5.69 Å². The van der Waals surface area contributed by atoms with Crippen molar-refractivity contribution < 1.29 is 9.59 Å². The predicted molar refractivity (Wildman–Crippen MR) is 81.1 cm³/mol. The number of carbonyl (C=O) groups excluding carboxylic acids is 2. The molecule has 6 heteroatoms. The molecule has 0 saturated carbocycles. The molecule has 0 aliphatic carbocycles. The van der Waals surface area contributed by atoms with E-state index in [0.717, 1.165) is 4.90 Å². The van der Waals surface area contributed by atoms with Crippen molar-refractivity contribution in [1.82, 2.24) is 5.32 Å². The molecule has 3 N–H and O–H groups in total. The van der Waals surface area contributed by atoms with Crippen LogP contribution in [-0.2, 0) is 4.79 Å². The maximum Gasteiger partial charge on any atom is 0.329 e. The highest BCUT2D eigenvalue weighted by atomic mass is 35.5. The molecule has 2 aromatic carbocycles. The smallest absolute Gasteiger partial charge is 0.329 e. The molecular formula is C15H12ClN3O2. The normalized spacial score (nSPS) is 18.0. The van der Waals surface area contributed by atoms with Crippen LogP contribution in [0.5, 0.6) is 0 Å². The summed E-state index contributed by atoms with van der Waals surface area (Å²) in [6, 6.07) is 12.2. The Morgan fingerprint density at radius 3 is 2.38 bits per heavy atom. The Hall–Kier alpha value is -2.53. The molecule has 5 nitrogen and oxygen atoms in total. The van der Waals surface area contributed by atoms with E-state index >= 15 is 0 Å². The summed E-state index contributed by atoms with van der Waals surface area (Å²) in [5.74, 6) is -0.363. The first-order valence-electron chi connectivity index (χ1n) is 6.32. The van der Waals surface area contributed by atoms with E-state index in [9.17, 15) is 9.59 Å². The van der Waals surface area contributed by atoms with Crippen LogP contribution in [0.3, 0.4) is 0 Å². The number of nitrogens with one attached hydrogen (secondary N) is 1. The molecule has 0 aromatic heterocycles. The summed E-state index contributed by atoms with van der Waals surface area (Å²) in [6.45, 7) is 0. The minimum atomic E-state index is -0.774. The predicted octanol–water partition coefficient (Wildman–Crippen LogP) is 2.72. The number of hydrogen-bond donors (Lipinski definition) is 2. The summed E-state index contributed by atoms with van der Waals surface area (Å²) < 4.78 is 0. The molecule has 1 saturated heterocycles. The van der Waals surface area contributed by atoms with Gasteiger partial charge < -0.3 is 11.1 Å². The van der Waals surface area contributed by atoms with Gasteiger partial charge in [0, 0.05) is 16.3 Å². The van der Waals surface area contributed by atoms with E-state index in [1.54, 1.807) is 48.5 Å². The number of anilines is 2. The minimum Gasteiger partial charge on any atom is -0.399 e. The maximum absolute atomic E-state index is 12.5. The van der Waals surface area contributed by atoms with Crippen LogP contribution >= 0.6 is 11.6 Å². The highest BCUT2D eigenvalue weighted by Gasteiger charge is 2.40. The molecule has 1 fully saturated rings. The summed E-state index contributed by atoms with van der Waals surface area (Å²) >= 11 is 6.09. The molecule has 106 valence electrons.